The summed E-state index contributed by atoms with van der Waals surface area (Å²) in [6.07, 6.45) is 0. The van der Waals surface area contributed by atoms with Gasteiger partial charge < -0.3 is 5.32 Å². The summed E-state index contributed by atoms with van der Waals surface area (Å²) in [5, 5.41) is 3.70. The van der Waals surface area contributed by atoms with Gasteiger partial charge in [-0.1, -0.05) is 23.7 Å². The first kappa shape index (κ1) is 9.87. The molecule has 0 unspecified atom stereocenters. The molecule has 1 aromatic carbocycles. The van der Waals surface area contributed by atoms with E-state index in [1.807, 2.05) is 31.2 Å². The van der Waals surface area contributed by atoms with E-state index in [4.69, 9.17) is 11.6 Å². The lowest BCUT2D eigenvalue weighted by Gasteiger charge is -2.09. The molecule has 0 aromatic heterocycles. The fourth-order valence-corrected chi connectivity index (χ4v) is 2.66. The first-order valence-corrected chi connectivity index (χ1v) is 5.70. The monoisotopic (exact) mass is 227 g/mol. The summed E-state index contributed by atoms with van der Waals surface area (Å²) >= 11 is 7.49. The number of hydrogen-bond acceptors (Lipinski definition) is 2. The number of benzene rings is 1. The highest BCUT2D eigenvalue weighted by Crippen LogP contribution is 2.35. The van der Waals surface area contributed by atoms with E-state index in [9.17, 15) is 4.79 Å². The van der Waals surface area contributed by atoms with E-state index in [-0.39, 0.29) is 16.5 Å². The van der Waals surface area contributed by atoms with E-state index in [2.05, 4.69) is 5.32 Å². The van der Waals surface area contributed by atoms with Crippen molar-refractivity contribution < 1.29 is 4.79 Å². The van der Waals surface area contributed by atoms with Crippen LogP contribution in [0.2, 0.25) is 5.02 Å². The Morgan fingerprint density at radius 1 is 1.50 bits per heavy atom. The van der Waals surface area contributed by atoms with Gasteiger partial charge in [-0.05, 0) is 24.6 Å². The Kier molecular flexibility index (Phi) is 2.70. The number of nitrogens with one attached hydrogen (secondary N) is 1. The van der Waals surface area contributed by atoms with Gasteiger partial charge in [0.05, 0.1) is 5.25 Å². The van der Waals surface area contributed by atoms with Crippen LogP contribution in [0.4, 0.5) is 0 Å². The van der Waals surface area contributed by atoms with E-state index in [1.54, 1.807) is 11.8 Å². The van der Waals surface area contributed by atoms with Crippen LogP contribution in [0.25, 0.3) is 0 Å². The van der Waals surface area contributed by atoms with Crippen LogP contribution in [0, 0.1) is 0 Å². The Morgan fingerprint density at radius 2 is 2.29 bits per heavy atom. The molecular formula is C10H10ClNOS. The Labute approximate surface area is 92.0 Å². The number of thioether (sulfide) groups is 1. The van der Waals surface area contributed by atoms with Gasteiger partial charge >= 0.3 is 0 Å². The van der Waals surface area contributed by atoms with Crippen molar-refractivity contribution in [3.63, 3.8) is 0 Å². The van der Waals surface area contributed by atoms with Crippen LogP contribution in [-0.2, 0) is 4.79 Å². The number of carbonyl (C=O) groups excluding carboxylic acids is 1. The van der Waals surface area contributed by atoms with Crippen molar-refractivity contribution in [1.29, 1.82) is 0 Å². The van der Waals surface area contributed by atoms with Gasteiger partial charge in [-0.15, -0.1) is 11.8 Å². The fourth-order valence-electron chi connectivity index (χ4n) is 1.38. The molecule has 1 aliphatic rings. The third-order valence-corrected chi connectivity index (χ3v) is 3.65. The molecule has 1 N–H and O–H groups in total. The zero-order chi connectivity index (χ0) is 10.1. The van der Waals surface area contributed by atoms with Gasteiger partial charge in [-0.25, -0.2) is 0 Å². The quantitative estimate of drug-likeness (QED) is 0.799. The maximum Gasteiger partial charge on any atom is 0.234 e. The first-order chi connectivity index (χ1) is 6.66. The topological polar surface area (TPSA) is 29.1 Å². The number of halogens is 1. The van der Waals surface area contributed by atoms with Crippen LogP contribution in [0.15, 0.2) is 24.3 Å². The van der Waals surface area contributed by atoms with Crippen LogP contribution in [0.5, 0.6) is 0 Å². The second-order valence-electron chi connectivity index (χ2n) is 3.22. The third kappa shape index (κ3) is 1.88. The predicted molar refractivity (Wildman–Crippen MR) is 59.4 cm³/mol. The molecule has 1 amide bonds. The molecule has 1 aliphatic heterocycles. The van der Waals surface area contributed by atoms with Crippen molar-refractivity contribution in [2.45, 2.75) is 17.5 Å². The van der Waals surface area contributed by atoms with Crippen LogP contribution in [-0.4, -0.2) is 11.2 Å². The number of carbonyl (C=O) groups is 1. The fraction of sp³-hybridized carbons (Fsp3) is 0.300. The molecule has 1 saturated heterocycles. The third-order valence-electron chi connectivity index (χ3n) is 2.13. The number of rotatable bonds is 1. The molecule has 0 spiro atoms. The van der Waals surface area contributed by atoms with E-state index < -0.39 is 0 Å². The normalized spacial score (nSPS) is 26.3. The summed E-state index contributed by atoms with van der Waals surface area (Å²) in [7, 11) is 0. The van der Waals surface area contributed by atoms with Crippen LogP contribution < -0.4 is 5.32 Å². The lowest BCUT2D eigenvalue weighted by molar-refractivity contribution is -0.119. The van der Waals surface area contributed by atoms with Crippen molar-refractivity contribution in [3.8, 4) is 0 Å². The van der Waals surface area contributed by atoms with E-state index in [0.29, 0.717) is 5.02 Å². The second kappa shape index (κ2) is 3.83. The van der Waals surface area contributed by atoms with Crippen LogP contribution in [0.3, 0.4) is 0 Å². The molecule has 1 aromatic rings. The van der Waals surface area contributed by atoms with Crippen molar-refractivity contribution in [2.24, 2.45) is 0 Å². The molecule has 0 saturated carbocycles. The molecule has 0 radical (unpaired) electrons. The maximum atomic E-state index is 11.3. The molecule has 4 heteroatoms. The number of hydrogen-bond donors (Lipinski definition) is 1. The highest BCUT2D eigenvalue weighted by molar-refractivity contribution is 8.01. The molecule has 1 heterocycles. The molecule has 0 bridgehead atoms. The van der Waals surface area contributed by atoms with Gasteiger partial charge in [0.1, 0.15) is 5.37 Å². The Hall–Kier alpha value is -0.670. The van der Waals surface area contributed by atoms with Crippen LogP contribution >= 0.6 is 23.4 Å². The smallest absolute Gasteiger partial charge is 0.234 e. The minimum Gasteiger partial charge on any atom is -0.339 e. The standard InChI is InChI=1S/C10H10ClNOS/c1-6-9(13)12-10(14-6)7-3-2-4-8(11)5-7/h2-6,10H,1H3,(H,12,13)/t6-,10-/m1/s1. The van der Waals surface area contributed by atoms with Gasteiger partial charge in [0, 0.05) is 5.02 Å². The first-order valence-electron chi connectivity index (χ1n) is 4.38. The molecule has 2 nitrogen and oxygen atoms in total. The van der Waals surface area contributed by atoms with E-state index in [0.717, 1.165) is 5.56 Å². The lowest BCUT2D eigenvalue weighted by atomic mass is 10.2. The van der Waals surface area contributed by atoms with Gasteiger partial charge in [0.2, 0.25) is 5.91 Å². The summed E-state index contributed by atoms with van der Waals surface area (Å²) in [6, 6.07) is 7.59. The van der Waals surface area contributed by atoms with E-state index in [1.165, 1.54) is 0 Å². The largest absolute Gasteiger partial charge is 0.339 e. The Balaban J connectivity index is 2.21. The average molecular weight is 228 g/mol. The zero-order valence-corrected chi connectivity index (χ0v) is 9.23. The predicted octanol–water partition coefficient (Wildman–Crippen LogP) is 2.59. The summed E-state index contributed by atoms with van der Waals surface area (Å²) in [5.74, 6) is 0.0972. The van der Waals surface area contributed by atoms with Gasteiger partial charge in [0.25, 0.3) is 0 Å². The second-order valence-corrected chi connectivity index (χ2v) is 5.11. The minimum absolute atomic E-state index is 0.0268. The lowest BCUT2D eigenvalue weighted by Crippen LogP contribution is -2.22. The SMILES string of the molecule is C[C@H]1S[C@H](c2cccc(Cl)c2)NC1=O. The summed E-state index contributed by atoms with van der Waals surface area (Å²) in [6.45, 7) is 1.91. The van der Waals surface area contributed by atoms with E-state index >= 15 is 0 Å². The Morgan fingerprint density at radius 3 is 2.86 bits per heavy atom. The van der Waals surface area contributed by atoms with Gasteiger partial charge in [-0.3, -0.25) is 4.79 Å². The summed E-state index contributed by atoms with van der Waals surface area (Å²) in [4.78, 5) is 11.3. The molecule has 0 aliphatic carbocycles. The van der Waals surface area contributed by atoms with Crippen molar-refractivity contribution >= 4 is 29.3 Å². The van der Waals surface area contributed by atoms with Gasteiger partial charge in [-0.2, -0.15) is 0 Å². The molecule has 1 fully saturated rings. The minimum atomic E-state index is 0.0268. The highest BCUT2D eigenvalue weighted by Gasteiger charge is 2.29. The summed E-state index contributed by atoms with van der Waals surface area (Å²) < 4.78 is 0. The molecular weight excluding hydrogens is 218 g/mol. The highest BCUT2D eigenvalue weighted by atomic mass is 35.5. The molecule has 2 atom stereocenters. The van der Waals surface area contributed by atoms with Crippen LogP contribution in [0.1, 0.15) is 17.9 Å². The van der Waals surface area contributed by atoms with Crippen molar-refractivity contribution in [1.82, 2.24) is 5.32 Å². The van der Waals surface area contributed by atoms with Crippen molar-refractivity contribution in [3.05, 3.63) is 34.9 Å². The average Bonchev–Trinajstić information content (AvgIpc) is 2.47. The zero-order valence-electron chi connectivity index (χ0n) is 7.66. The Bertz CT molecular complexity index is 369. The maximum absolute atomic E-state index is 11.3. The molecule has 74 valence electrons. The molecule has 2 rings (SSSR count). The van der Waals surface area contributed by atoms with Gasteiger partial charge in [0.15, 0.2) is 0 Å². The molecule has 14 heavy (non-hydrogen) atoms. The summed E-state index contributed by atoms with van der Waals surface area (Å²) in [5.41, 5.74) is 1.06. The van der Waals surface area contributed by atoms with Crippen molar-refractivity contribution in [2.75, 3.05) is 0 Å². The number of amides is 1.